The number of hydrogen-bond donors (Lipinski definition) is 0. The molecule has 0 radical (unpaired) electrons. The van der Waals surface area contributed by atoms with E-state index >= 15 is 0 Å². The molecule has 30 heavy (non-hydrogen) atoms. The zero-order valence-corrected chi connectivity index (χ0v) is 18.3. The van der Waals surface area contributed by atoms with Crippen LogP contribution in [0.3, 0.4) is 0 Å². The molecule has 0 N–H and O–H groups in total. The molecule has 1 aliphatic rings. The number of esters is 1. The zero-order valence-electron chi connectivity index (χ0n) is 17.5. The van der Waals surface area contributed by atoms with Crippen molar-refractivity contribution >= 4 is 40.9 Å². The van der Waals surface area contributed by atoms with E-state index < -0.39 is 24.3 Å². The molecule has 1 aliphatic heterocycles. The first-order valence-corrected chi connectivity index (χ1v) is 9.99. The second-order valence-electron chi connectivity index (χ2n) is 8.27. The van der Waals surface area contributed by atoms with Crippen LogP contribution in [0.5, 0.6) is 0 Å². The molecule has 0 saturated carbocycles. The largest absolute Gasteiger partial charge is 0.495 e. The van der Waals surface area contributed by atoms with Crippen molar-refractivity contribution in [1.29, 1.82) is 0 Å². The number of ether oxygens (including phenoxy) is 1. The third-order valence-corrected chi connectivity index (χ3v) is 6.11. The van der Waals surface area contributed by atoms with E-state index in [1.54, 1.807) is 18.5 Å². The third-order valence-electron chi connectivity index (χ3n) is 5.82. The van der Waals surface area contributed by atoms with Crippen molar-refractivity contribution in [3.05, 3.63) is 53.4 Å². The molecule has 0 atom stereocenters. The Morgan fingerprint density at radius 1 is 1.07 bits per heavy atom. The van der Waals surface area contributed by atoms with Gasteiger partial charge in [0, 0.05) is 18.0 Å². The monoisotopic (exact) mass is 424 g/mol. The number of nitrogens with zero attached hydrogens (tertiary/aromatic N) is 2. The van der Waals surface area contributed by atoms with Crippen LogP contribution in [0, 0.1) is 0 Å². The molecule has 6 nitrogen and oxygen atoms in total. The minimum atomic E-state index is -0.579. The Morgan fingerprint density at radius 3 is 2.40 bits per heavy atom. The van der Waals surface area contributed by atoms with Gasteiger partial charge in [-0.2, -0.15) is 0 Å². The van der Waals surface area contributed by atoms with Gasteiger partial charge in [-0.3, -0.25) is 4.98 Å². The number of fused-ring (bicyclic) bond motifs is 1. The number of carbonyl (C=O) groups is 1. The predicted molar refractivity (Wildman–Crippen MR) is 117 cm³/mol. The summed E-state index contributed by atoms with van der Waals surface area (Å²) in [5.41, 5.74) is 1.57. The van der Waals surface area contributed by atoms with Crippen LogP contribution < -0.4 is 5.46 Å². The molecule has 4 rings (SSSR count). The first kappa shape index (κ1) is 20.8. The lowest BCUT2D eigenvalue weighted by molar-refractivity contribution is 0.00578. The van der Waals surface area contributed by atoms with Crippen LogP contribution in [0.4, 0.5) is 0 Å². The molecule has 0 spiro atoms. The summed E-state index contributed by atoms with van der Waals surface area (Å²) >= 11 is 6.21. The van der Waals surface area contributed by atoms with Crippen molar-refractivity contribution in [2.24, 2.45) is 0 Å². The normalized spacial score (nSPS) is 17.3. The summed E-state index contributed by atoms with van der Waals surface area (Å²) in [6, 6.07) is 9.59. The van der Waals surface area contributed by atoms with E-state index in [9.17, 15) is 4.79 Å². The van der Waals surface area contributed by atoms with Crippen LogP contribution in [0.25, 0.3) is 22.0 Å². The Balaban J connectivity index is 1.72. The molecule has 0 aliphatic carbocycles. The van der Waals surface area contributed by atoms with E-state index in [-0.39, 0.29) is 10.7 Å². The Hall–Kier alpha value is -2.48. The van der Waals surface area contributed by atoms with Crippen molar-refractivity contribution in [3.8, 4) is 11.3 Å². The molecule has 3 heterocycles. The molecule has 1 saturated heterocycles. The topological polar surface area (TPSA) is 70.5 Å². The van der Waals surface area contributed by atoms with Crippen LogP contribution in [-0.4, -0.2) is 41.4 Å². The van der Waals surface area contributed by atoms with Gasteiger partial charge in [-0.1, -0.05) is 29.8 Å². The number of rotatable bonds is 3. The summed E-state index contributed by atoms with van der Waals surface area (Å²) in [5.74, 6) is -0.579. The van der Waals surface area contributed by atoms with E-state index in [4.69, 9.17) is 20.9 Å². The maximum atomic E-state index is 11.7. The fourth-order valence-electron chi connectivity index (χ4n) is 3.35. The number of pyridine rings is 2. The van der Waals surface area contributed by atoms with Gasteiger partial charge < -0.3 is 14.0 Å². The summed E-state index contributed by atoms with van der Waals surface area (Å²) in [4.78, 5) is 20.4. The van der Waals surface area contributed by atoms with Gasteiger partial charge in [-0.15, -0.1) is 0 Å². The Morgan fingerprint density at radius 2 is 1.77 bits per heavy atom. The maximum absolute atomic E-state index is 11.7. The van der Waals surface area contributed by atoms with Crippen molar-refractivity contribution in [2.45, 2.75) is 38.9 Å². The van der Waals surface area contributed by atoms with Gasteiger partial charge in [0.25, 0.3) is 0 Å². The van der Waals surface area contributed by atoms with Crippen molar-refractivity contribution in [2.75, 3.05) is 7.11 Å². The molecule has 3 aromatic rings. The van der Waals surface area contributed by atoms with Gasteiger partial charge in [-0.25, -0.2) is 9.78 Å². The van der Waals surface area contributed by atoms with E-state index in [1.165, 1.54) is 7.11 Å². The van der Waals surface area contributed by atoms with Gasteiger partial charge in [0.05, 0.1) is 29.0 Å². The van der Waals surface area contributed by atoms with Crippen LogP contribution in [0.2, 0.25) is 5.02 Å². The molecule has 0 bridgehead atoms. The molecular formula is C22H22BClN2O4. The average molecular weight is 425 g/mol. The van der Waals surface area contributed by atoms with Crippen molar-refractivity contribution < 1.29 is 18.8 Å². The number of benzene rings is 1. The Kier molecular flexibility index (Phi) is 5.08. The molecule has 1 aromatic carbocycles. The highest BCUT2D eigenvalue weighted by molar-refractivity contribution is 6.65. The molecule has 0 amide bonds. The summed E-state index contributed by atoms with van der Waals surface area (Å²) in [6.45, 7) is 8.12. The summed E-state index contributed by atoms with van der Waals surface area (Å²) in [5, 5.41) is 2.15. The number of aromatic nitrogens is 2. The number of methoxy groups -OCH3 is 1. The van der Waals surface area contributed by atoms with Gasteiger partial charge >= 0.3 is 13.1 Å². The molecule has 1 fully saturated rings. The van der Waals surface area contributed by atoms with Crippen molar-refractivity contribution in [3.63, 3.8) is 0 Å². The molecular weight excluding hydrogens is 403 g/mol. The second-order valence-corrected chi connectivity index (χ2v) is 8.68. The highest BCUT2D eigenvalue weighted by Gasteiger charge is 2.52. The Bertz CT molecular complexity index is 1130. The fraction of sp³-hybridized carbons (Fsp3) is 0.318. The minimum absolute atomic E-state index is 0.0757. The lowest BCUT2D eigenvalue weighted by Gasteiger charge is -2.32. The van der Waals surface area contributed by atoms with Crippen LogP contribution in [0.1, 0.15) is 38.2 Å². The Labute approximate surface area is 180 Å². The predicted octanol–water partition coefficient (Wildman–Crippen LogP) is 4.04. The molecule has 2 aromatic heterocycles. The highest BCUT2D eigenvalue weighted by Crippen LogP contribution is 2.37. The molecule has 154 valence electrons. The van der Waals surface area contributed by atoms with Crippen LogP contribution in [0.15, 0.2) is 42.7 Å². The first-order valence-electron chi connectivity index (χ1n) is 9.61. The standard InChI is InChI=1S/C22H22BClN2O4/c1-21(2)22(3,4)30-23(29-21)16-8-6-7-13-10-18(25-12-15(13)16)14-9-17(24)19(26-11-14)20(27)28-5/h6-12H,1-5H3. The average Bonchev–Trinajstić information content (AvgIpc) is 2.93. The smallest absolute Gasteiger partial charge is 0.464 e. The molecule has 8 heteroatoms. The summed E-state index contributed by atoms with van der Waals surface area (Å²) in [6.07, 6.45) is 3.36. The van der Waals surface area contributed by atoms with E-state index in [0.717, 1.165) is 16.2 Å². The minimum Gasteiger partial charge on any atom is -0.464 e. The zero-order chi connectivity index (χ0) is 21.7. The molecule has 0 unspecified atom stereocenters. The van der Waals surface area contributed by atoms with Crippen LogP contribution in [-0.2, 0) is 14.0 Å². The van der Waals surface area contributed by atoms with Crippen LogP contribution >= 0.6 is 11.6 Å². The third kappa shape index (κ3) is 3.47. The van der Waals surface area contributed by atoms with E-state index in [2.05, 4.69) is 14.7 Å². The van der Waals surface area contributed by atoms with Gasteiger partial charge in [0.1, 0.15) is 0 Å². The van der Waals surface area contributed by atoms with Gasteiger partial charge in [0.2, 0.25) is 0 Å². The number of carbonyl (C=O) groups excluding carboxylic acids is 1. The SMILES string of the molecule is COC(=O)c1ncc(-c2cc3cccc(B4OC(C)(C)C(C)(C)O4)c3cn2)cc1Cl. The lowest BCUT2D eigenvalue weighted by atomic mass is 9.76. The van der Waals surface area contributed by atoms with Gasteiger partial charge in [-0.05, 0) is 56.1 Å². The highest BCUT2D eigenvalue weighted by atomic mass is 35.5. The van der Waals surface area contributed by atoms with Gasteiger partial charge in [0.15, 0.2) is 5.69 Å². The number of hydrogen-bond acceptors (Lipinski definition) is 6. The second kappa shape index (κ2) is 7.34. The fourth-order valence-corrected chi connectivity index (χ4v) is 3.60. The summed E-state index contributed by atoms with van der Waals surface area (Å²) < 4.78 is 17.1. The number of halogens is 1. The van der Waals surface area contributed by atoms with E-state index in [1.807, 2.05) is 52.0 Å². The lowest BCUT2D eigenvalue weighted by Crippen LogP contribution is -2.41. The maximum Gasteiger partial charge on any atom is 0.495 e. The van der Waals surface area contributed by atoms with Crippen molar-refractivity contribution in [1.82, 2.24) is 9.97 Å². The van der Waals surface area contributed by atoms with E-state index in [0.29, 0.717) is 11.3 Å². The summed E-state index contributed by atoms with van der Waals surface area (Å²) in [7, 11) is 0.818. The quantitative estimate of drug-likeness (QED) is 0.467. The first-order chi connectivity index (χ1) is 14.1.